The SMILES string of the molecule is CN(C)C(=O)[C@]1(c2cnccn2)CCCN1C(=O)c1ccc(=O)[nH]c1. The number of likely N-dealkylation sites (N-methyl/N-ethyl adjacent to an activating group) is 1. The Labute approximate surface area is 144 Å². The Morgan fingerprint density at radius 2 is 2.08 bits per heavy atom. The van der Waals surface area contributed by atoms with E-state index in [4.69, 9.17) is 0 Å². The van der Waals surface area contributed by atoms with E-state index in [0.717, 1.165) is 0 Å². The normalized spacial score (nSPS) is 19.7. The molecule has 1 fully saturated rings. The molecule has 0 saturated carbocycles. The summed E-state index contributed by atoms with van der Waals surface area (Å²) in [5.74, 6) is -0.544. The van der Waals surface area contributed by atoms with Gasteiger partial charge in [-0.15, -0.1) is 0 Å². The molecular formula is C17H19N5O3. The lowest BCUT2D eigenvalue weighted by Crippen LogP contribution is -2.55. The Balaban J connectivity index is 2.10. The molecule has 25 heavy (non-hydrogen) atoms. The summed E-state index contributed by atoms with van der Waals surface area (Å²) in [5, 5.41) is 0. The smallest absolute Gasteiger partial charge is 0.256 e. The quantitative estimate of drug-likeness (QED) is 0.870. The minimum atomic E-state index is -1.19. The molecule has 1 saturated heterocycles. The molecule has 1 aliphatic rings. The van der Waals surface area contributed by atoms with Gasteiger partial charge >= 0.3 is 0 Å². The van der Waals surface area contributed by atoms with Crippen molar-refractivity contribution in [3.05, 3.63) is 58.5 Å². The third kappa shape index (κ3) is 2.79. The van der Waals surface area contributed by atoms with Crippen LogP contribution in [0.15, 0.2) is 41.7 Å². The molecule has 0 bridgehead atoms. The molecule has 1 aliphatic heterocycles. The highest BCUT2D eigenvalue weighted by Gasteiger charge is 2.53. The zero-order valence-corrected chi connectivity index (χ0v) is 14.1. The van der Waals surface area contributed by atoms with Gasteiger partial charge in [-0.25, -0.2) is 0 Å². The van der Waals surface area contributed by atoms with Crippen molar-refractivity contribution in [2.45, 2.75) is 18.4 Å². The zero-order chi connectivity index (χ0) is 18.0. The van der Waals surface area contributed by atoms with Crippen LogP contribution >= 0.6 is 0 Å². The van der Waals surface area contributed by atoms with Gasteiger partial charge in [0.25, 0.3) is 11.8 Å². The number of nitrogens with zero attached hydrogens (tertiary/aromatic N) is 4. The van der Waals surface area contributed by atoms with Crippen LogP contribution in [-0.2, 0) is 10.3 Å². The highest BCUT2D eigenvalue weighted by molar-refractivity contribution is 5.99. The fourth-order valence-electron chi connectivity index (χ4n) is 3.27. The average molecular weight is 341 g/mol. The van der Waals surface area contributed by atoms with E-state index >= 15 is 0 Å². The van der Waals surface area contributed by atoms with Gasteiger partial charge in [-0.2, -0.15) is 0 Å². The van der Waals surface area contributed by atoms with Gasteiger partial charge in [0.1, 0.15) is 0 Å². The molecule has 8 nitrogen and oxygen atoms in total. The van der Waals surface area contributed by atoms with Gasteiger partial charge in [0, 0.05) is 45.3 Å². The zero-order valence-electron chi connectivity index (χ0n) is 14.1. The predicted molar refractivity (Wildman–Crippen MR) is 89.7 cm³/mol. The van der Waals surface area contributed by atoms with E-state index in [0.29, 0.717) is 30.6 Å². The second-order valence-electron chi connectivity index (χ2n) is 6.15. The molecule has 130 valence electrons. The Morgan fingerprint density at radius 1 is 1.28 bits per heavy atom. The predicted octanol–water partition coefficient (Wildman–Crippen LogP) is 0.385. The summed E-state index contributed by atoms with van der Waals surface area (Å²) in [6, 6.07) is 2.75. The van der Waals surface area contributed by atoms with Crippen LogP contribution in [0.1, 0.15) is 28.9 Å². The summed E-state index contributed by atoms with van der Waals surface area (Å²) in [5.41, 5.74) is -0.710. The molecule has 0 aromatic carbocycles. The molecule has 2 amide bonds. The van der Waals surface area contributed by atoms with E-state index in [1.165, 1.54) is 46.7 Å². The van der Waals surface area contributed by atoms with E-state index in [-0.39, 0.29) is 17.4 Å². The Bertz CT molecular complexity index is 828. The summed E-state index contributed by atoms with van der Waals surface area (Å²) in [6.07, 6.45) is 7.08. The highest BCUT2D eigenvalue weighted by Crippen LogP contribution is 2.40. The summed E-state index contributed by atoms with van der Waals surface area (Å²) in [6.45, 7) is 0.425. The molecule has 3 heterocycles. The molecule has 3 rings (SSSR count). The highest BCUT2D eigenvalue weighted by atomic mass is 16.2. The molecule has 2 aromatic heterocycles. The Hall–Kier alpha value is -3.03. The van der Waals surface area contributed by atoms with Crippen LogP contribution in [0.5, 0.6) is 0 Å². The van der Waals surface area contributed by atoms with Gasteiger partial charge < -0.3 is 14.8 Å². The maximum absolute atomic E-state index is 13.1. The number of amides is 2. The van der Waals surface area contributed by atoms with Crippen molar-refractivity contribution < 1.29 is 9.59 Å². The van der Waals surface area contributed by atoms with E-state index in [9.17, 15) is 14.4 Å². The second-order valence-corrected chi connectivity index (χ2v) is 6.15. The van der Waals surface area contributed by atoms with Crippen molar-refractivity contribution in [1.82, 2.24) is 24.8 Å². The standard InChI is InChI=1S/C17H19N5O3/c1-21(2)16(25)17(13-11-18-7-8-19-13)6-3-9-22(17)15(24)12-4-5-14(23)20-10-12/h4-5,7-8,10-11H,3,6,9H2,1-2H3,(H,20,23)/t17-/m1/s1. The van der Waals surface area contributed by atoms with Crippen LogP contribution in [0.25, 0.3) is 0 Å². The molecule has 2 aromatic rings. The first-order valence-corrected chi connectivity index (χ1v) is 7.96. The fourth-order valence-corrected chi connectivity index (χ4v) is 3.27. The molecule has 0 unspecified atom stereocenters. The lowest BCUT2D eigenvalue weighted by atomic mass is 9.90. The number of aromatic nitrogens is 3. The second kappa shape index (κ2) is 6.46. The molecule has 0 spiro atoms. The van der Waals surface area contributed by atoms with Crippen LogP contribution in [-0.4, -0.2) is 57.2 Å². The lowest BCUT2D eigenvalue weighted by molar-refractivity contribution is -0.140. The van der Waals surface area contributed by atoms with Gasteiger partial charge in [0.15, 0.2) is 5.54 Å². The van der Waals surface area contributed by atoms with Crippen molar-refractivity contribution in [3.63, 3.8) is 0 Å². The van der Waals surface area contributed by atoms with Crippen LogP contribution in [0, 0.1) is 0 Å². The molecule has 8 heteroatoms. The van der Waals surface area contributed by atoms with Crippen LogP contribution in [0.3, 0.4) is 0 Å². The molecular weight excluding hydrogens is 322 g/mol. The number of aromatic amines is 1. The number of hydrogen-bond donors (Lipinski definition) is 1. The van der Waals surface area contributed by atoms with Gasteiger partial charge in [0.05, 0.1) is 17.5 Å². The number of carbonyl (C=O) groups is 2. The van der Waals surface area contributed by atoms with Gasteiger partial charge in [-0.05, 0) is 18.9 Å². The number of carbonyl (C=O) groups excluding carboxylic acids is 2. The van der Waals surface area contributed by atoms with Crippen molar-refractivity contribution in [2.24, 2.45) is 0 Å². The average Bonchev–Trinajstić information content (AvgIpc) is 3.07. The third-order valence-electron chi connectivity index (χ3n) is 4.40. The minimum Gasteiger partial charge on any atom is -0.346 e. The van der Waals surface area contributed by atoms with Crippen molar-refractivity contribution >= 4 is 11.8 Å². The summed E-state index contributed by atoms with van der Waals surface area (Å²) < 4.78 is 0. The topological polar surface area (TPSA) is 99.3 Å². The van der Waals surface area contributed by atoms with Crippen molar-refractivity contribution in [2.75, 3.05) is 20.6 Å². The van der Waals surface area contributed by atoms with Crippen molar-refractivity contribution in [1.29, 1.82) is 0 Å². The lowest BCUT2D eigenvalue weighted by Gasteiger charge is -2.38. The Kier molecular flexibility index (Phi) is 4.35. The molecule has 1 N–H and O–H groups in total. The minimum absolute atomic E-state index is 0.219. The van der Waals surface area contributed by atoms with Crippen LogP contribution in [0.2, 0.25) is 0 Å². The number of hydrogen-bond acceptors (Lipinski definition) is 5. The number of pyridine rings is 1. The first-order chi connectivity index (χ1) is 12.0. The first-order valence-electron chi connectivity index (χ1n) is 7.96. The summed E-state index contributed by atoms with van der Waals surface area (Å²) in [4.78, 5) is 51.3. The van der Waals surface area contributed by atoms with Crippen molar-refractivity contribution in [3.8, 4) is 0 Å². The monoisotopic (exact) mass is 341 g/mol. The Morgan fingerprint density at radius 3 is 2.68 bits per heavy atom. The van der Waals surface area contributed by atoms with Gasteiger partial charge in [-0.1, -0.05) is 0 Å². The number of rotatable bonds is 3. The first kappa shape index (κ1) is 16.8. The maximum atomic E-state index is 13.1. The number of likely N-dealkylation sites (tertiary alicyclic amines) is 1. The van der Waals surface area contributed by atoms with Crippen LogP contribution in [0.4, 0.5) is 0 Å². The van der Waals surface area contributed by atoms with E-state index in [1.807, 2.05) is 0 Å². The number of nitrogens with one attached hydrogen (secondary N) is 1. The maximum Gasteiger partial charge on any atom is 0.256 e. The molecule has 0 radical (unpaired) electrons. The van der Waals surface area contributed by atoms with E-state index < -0.39 is 5.54 Å². The van der Waals surface area contributed by atoms with Gasteiger partial charge in [0.2, 0.25) is 5.56 Å². The summed E-state index contributed by atoms with van der Waals surface area (Å²) in [7, 11) is 3.31. The number of H-pyrrole nitrogens is 1. The molecule has 0 aliphatic carbocycles. The largest absolute Gasteiger partial charge is 0.346 e. The third-order valence-corrected chi connectivity index (χ3v) is 4.40. The summed E-state index contributed by atoms with van der Waals surface area (Å²) >= 11 is 0. The fraction of sp³-hybridized carbons (Fsp3) is 0.353. The molecule has 1 atom stereocenters. The van der Waals surface area contributed by atoms with E-state index in [1.54, 1.807) is 14.1 Å². The van der Waals surface area contributed by atoms with Gasteiger partial charge in [-0.3, -0.25) is 24.4 Å². The van der Waals surface area contributed by atoms with E-state index in [2.05, 4.69) is 15.0 Å². The van der Waals surface area contributed by atoms with Crippen LogP contribution < -0.4 is 5.56 Å².